The molecule has 2 aromatic carbocycles. The molecule has 0 aliphatic carbocycles. The lowest BCUT2D eigenvalue weighted by molar-refractivity contribution is -0.145. The number of halogens is 3. The summed E-state index contributed by atoms with van der Waals surface area (Å²) in [6.45, 7) is 0. The first-order valence-corrected chi connectivity index (χ1v) is 8.52. The normalized spacial score (nSPS) is 11.7. The quantitative estimate of drug-likeness (QED) is 0.534. The summed E-state index contributed by atoms with van der Waals surface area (Å²) in [5, 5.41) is 2.56. The molecule has 2 aromatic rings. The molecule has 0 spiro atoms. The lowest BCUT2D eigenvalue weighted by Crippen LogP contribution is -2.43. The van der Waals surface area contributed by atoms with Gasteiger partial charge >= 0.3 is 5.97 Å². The van der Waals surface area contributed by atoms with Gasteiger partial charge in [0.1, 0.15) is 17.7 Å². The van der Waals surface area contributed by atoms with Crippen LogP contribution in [0.4, 0.5) is 8.78 Å². The van der Waals surface area contributed by atoms with Crippen LogP contribution in [0.5, 0.6) is 0 Å². The Labute approximate surface area is 157 Å². The second-order valence-corrected chi connectivity index (χ2v) is 6.67. The van der Waals surface area contributed by atoms with Crippen molar-refractivity contribution in [3.05, 3.63) is 68.8 Å². The van der Waals surface area contributed by atoms with Gasteiger partial charge in [0.2, 0.25) is 5.91 Å². The highest BCUT2D eigenvalue weighted by Gasteiger charge is 2.22. The maximum absolute atomic E-state index is 13.2. The van der Waals surface area contributed by atoms with Crippen LogP contribution in [0, 0.1) is 15.2 Å². The van der Waals surface area contributed by atoms with Gasteiger partial charge in [-0.2, -0.15) is 0 Å². The number of nitrogens with one attached hydrogen (secondary N) is 1. The Kier molecular flexibility index (Phi) is 6.86. The van der Waals surface area contributed by atoms with Crippen LogP contribution in [-0.4, -0.2) is 25.0 Å². The molecule has 0 saturated carbocycles. The van der Waals surface area contributed by atoms with Crippen molar-refractivity contribution in [1.29, 1.82) is 0 Å². The number of amides is 1. The van der Waals surface area contributed by atoms with Crippen molar-refractivity contribution < 1.29 is 23.1 Å². The fourth-order valence-electron chi connectivity index (χ4n) is 2.34. The van der Waals surface area contributed by atoms with Gasteiger partial charge in [-0.15, -0.1) is 0 Å². The van der Waals surface area contributed by atoms with Gasteiger partial charge in [0.05, 0.1) is 13.5 Å². The van der Waals surface area contributed by atoms with Crippen LogP contribution in [-0.2, 0) is 27.2 Å². The molecule has 0 aliphatic rings. The Bertz CT molecular complexity index is 745. The summed E-state index contributed by atoms with van der Waals surface area (Å²) < 4.78 is 32.2. The monoisotopic (exact) mass is 459 g/mol. The molecule has 2 rings (SSSR count). The zero-order chi connectivity index (χ0) is 18.4. The Morgan fingerprint density at radius 1 is 1.08 bits per heavy atom. The highest BCUT2D eigenvalue weighted by molar-refractivity contribution is 14.1. The Hall–Kier alpha value is -2.03. The molecule has 7 heteroatoms. The minimum atomic E-state index is -0.879. The summed E-state index contributed by atoms with van der Waals surface area (Å²) in [5.41, 5.74) is 1.04. The number of carbonyl (C=O) groups excluding carboxylic acids is 2. The maximum Gasteiger partial charge on any atom is 0.328 e. The van der Waals surface area contributed by atoms with Gasteiger partial charge in [-0.25, -0.2) is 13.6 Å². The molecule has 132 valence electrons. The number of benzene rings is 2. The van der Waals surface area contributed by atoms with Crippen molar-refractivity contribution in [1.82, 2.24) is 5.32 Å². The predicted molar refractivity (Wildman–Crippen MR) is 96.9 cm³/mol. The molecule has 0 aliphatic heterocycles. The number of rotatable bonds is 6. The third kappa shape index (κ3) is 6.08. The molecule has 0 unspecified atom stereocenters. The van der Waals surface area contributed by atoms with Gasteiger partial charge in [0, 0.05) is 16.1 Å². The molecular formula is C18H16F2INO3. The van der Waals surface area contributed by atoms with Crippen LogP contribution in [0.3, 0.4) is 0 Å². The van der Waals surface area contributed by atoms with E-state index in [4.69, 9.17) is 4.74 Å². The van der Waals surface area contributed by atoms with Crippen molar-refractivity contribution in [2.24, 2.45) is 0 Å². The van der Waals surface area contributed by atoms with E-state index < -0.39 is 29.6 Å². The predicted octanol–water partition coefficient (Wildman–Crippen LogP) is 3.01. The Balaban J connectivity index is 2.06. The summed E-state index contributed by atoms with van der Waals surface area (Å²) in [5.74, 6) is -2.62. The zero-order valence-electron chi connectivity index (χ0n) is 13.4. The van der Waals surface area contributed by atoms with Gasteiger partial charge in [-0.1, -0.05) is 12.1 Å². The van der Waals surface area contributed by atoms with E-state index in [1.54, 1.807) is 0 Å². The minimum Gasteiger partial charge on any atom is -0.467 e. The van der Waals surface area contributed by atoms with Gasteiger partial charge in [-0.05, 0) is 58.0 Å². The molecule has 1 atom stereocenters. The number of esters is 1. The molecule has 4 nitrogen and oxygen atoms in total. The standard InChI is InChI=1S/C18H16F2INO3/c1-25-18(24)16(8-11-2-4-15(21)5-3-11)22-17(23)9-12-6-13(19)10-14(20)7-12/h2-7,10,16H,8-9H2,1H3,(H,22,23)/t16-/m0/s1. The first kappa shape index (κ1) is 19.3. The molecule has 0 heterocycles. The third-order valence-electron chi connectivity index (χ3n) is 3.46. The van der Waals surface area contributed by atoms with E-state index >= 15 is 0 Å². The smallest absolute Gasteiger partial charge is 0.328 e. The van der Waals surface area contributed by atoms with Crippen LogP contribution in [0.15, 0.2) is 42.5 Å². The minimum absolute atomic E-state index is 0.188. The van der Waals surface area contributed by atoms with Crippen molar-refractivity contribution in [2.75, 3.05) is 7.11 Å². The molecule has 1 amide bonds. The summed E-state index contributed by atoms with van der Waals surface area (Å²) in [4.78, 5) is 24.1. The van der Waals surface area contributed by atoms with Gasteiger partial charge in [-0.3, -0.25) is 4.79 Å². The lowest BCUT2D eigenvalue weighted by Gasteiger charge is -2.17. The molecule has 0 saturated heterocycles. The lowest BCUT2D eigenvalue weighted by atomic mass is 10.1. The first-order chi connectivity index (χ1) is 11.9. The van der Waals surface area contributed by atoms with E-state index in [9.17, 15) is 18.4 Å². The van der Waals surface area contributed by atoms with Crippen molar-refractivity contribution in [2.45, 2.75) is 18.9 Å². The summed E-state index contributed by atoms with van der Waals surface area (Å²) in [6.07, 6.45) is 0.0156. The Morgan fingerprint density at radius 2 is 1.68 bits per heavy atom. The zero-order valence-corrected chi connectivity index (χ0v) is 15.5. The number of methoxy groups -OCH3 is 1. The summed E-state index contributed by atoms with van der Waals surface area (Å²) >= 11 is 2.17. The Morgan fingerprint density at radius 3 is 2.24 bits per heavy atom. The number of carbonyl (C=O) groups is 2. The molecule has 0 aromatic heterocycles. The average molecular weight is 459 g/mol. The van der Waals surface area contributed by atoms with E-state index in [0.717, 1.165) is 27.3 Å². The number of hydrogen-bond acceptors (Lipinski definition) is 3. The van der Waals surface area contributed by atoms with E-state index in [-0.39, 0.29) is 18.4 Å². The van der Waals surface area contributed by atoms with Gasteiger partial charge in [0.15, 0.2) is 0 Å². The fourth-order valence-corrected chi connectivity index (χ4v) is 2.70. The number of ether oxygens (including phenoxy) is 1. The fraction of sp³-hybridized carbons (Fsp3) is 0.222. The van der Waals surface area contributed by atoms with Gasteiger partial charge in [0.25, 0.3) is 0 Å². The largest absolute Gasteiger partial charge is 0.467 e. The molecule has 0 fully saturated rings. The average Bonchev–Trinajstić information content (AvgIpc) is 2.54. The highest BCUT2D eigenvalue weighted by atomic mass is 127. The van der Waals surface area contributed by atoms with Crippen LogP contribution in [0.2, 0.25) is 0 Å². The van der Waals surface area contributed by atoms with E-state index in [2.05, 4.69) is 27.9 Å². The van der Waals surface area contributed by atoms with E-state index in [0.29, 0.717) is 0 Å². The van der Waals surface area contributed by atoms with Crippen molar-refractivity contribution >= 4 is 34.5 Å². The molecule has 0 radical (unpaired) electrons. The number of hydrogen-bond donors (Lipinski definition) is 1. The van der Waals surface area contributed by atoms with Gasteiger partial charge < -0.3 is 10.1 Å². The van der Waals surface area contributed by atoms with E-state index in [1.165, 1.54) is 7.11 Å². The maximum atomic E-state index is 13.2. The molecule has 0 bridgehead atoms. The van der Waals surface area contributed by atoms with Crippen LogP contribution >= 0.6 is 22.6 Å². The molecular weight excluding hydrogens is 443 g/mol. The summed E-state index contributed by atoms with van der Waals surface area (Å²) in [6, 6.07) is 9.50. The molecule has 1 N–H and O–H groups in total. The highest BCUT2D eigenvalue weighted by Crippen LogP contribution is 2.11. The van der Waals surface area contributed by atoms with Crippen molar-refractivity contribution in [3.8, 4) is 0 Å². The molecule has 25 heavy (non-hydrogen) atoms. The van der Waals surface area contributed by atoms with E-state index in [1.807, 2.05) is 24.3 Å². The first-order valence-electron chi connectivity index (χ1n) is 7.44. The summed E-state index contributed by atoms with van der Waals surface area (Å²) in [7, 11) is 1.23. The second kappa shape index (κ2) is 8.89. The van der Waals surface area contributed by atoms with Crippen molar-refractivity contribution in [3.63, 3.8) is 0 Å². The second-order valence-electron chi connectivity index (χ2n) is 5.43. The SMILES string of the molecule is COC(=O)[C@H](Cc1ccc(I)cc1)NC(=O)Cc1cc(F)cc(F)c1. The topological polar surface area (TPSA) is 55.4 Å². The van der Waals surface area contributed by atoms with Crippen LogP contribution < -0.4 is 5.32 Å². The van der Waals surface area contributed by atoms with Crippen LogP contribution in [0.1, 0.15) is 11.1 Å². The van der Waals surface area contributed by atoms with Crippen LogP contribution in [0.25, 0.3) is 0 Å². The third-order valence-corrected chi connectivity index (χ3v) is 4.18.